The molecule has 2 aromatic carbocycles. The molecular weight excluding hydrogens is 388 g/mol. The molecule has 158 valence electrons. The number of anilines is 3. The predicted molar refractivity (Wildman–Crippen MR) is 119 cm³/mol. The highest BCUT2D eigenvalue weighted by atomic mass is 32.2. The Morgan fingerprint density at radius 2 is 1.59 bits per heavy atom. The second kappa shape index (κ2) is 9.76. The fourth-order valence-electron chi connectivity index (χ4n) is 3.06. The number of nitrogens with one attached hydrogen (secondary N) is 1. The third kappa shape index (κ3) is 5.48. The van der Waals surface area contributed by atoms with Gasteiger partial charge in [-0.1, -0.05) is 32.0 Å². The third-order valence-electron chi connectivity index (χ3n) is 4.64. The molecule has 8 heteroatoms. The third-order valence-corrected chi connectivity index (χ3v) is 6.69. The first kappa shape index (κ1) is 22.7. The molecule has 0 saturated heterocycles. The van der Waals surface area contributed by atoms with E-state index in [0.717, 1.165) is 11.4 Å². The molecule has 0 aliphatic heterocycles. The molecule has 1 N–H and O–H groups in total. The fraction of sp³-hybridized carbons (Fsp3) is 0.381. The predicted octanol–water partition coefficient (Wildman–Crippen LogP) is 2.86. The number of carbonyl (C=O) groups is 1. The van der Waals surface area contributed by atoms with Gasteiger partial charge >= 0.3 is 0 Å². The average Bonchev–Trinajstić information content (AvgIpc) is 2.69. The van der Waals surface area contributed by atoms with Gasteiger partial charge in [-0.25, -0.2) is 8.42 Å². The molecule has 0 aromatic heterocycles. The zero-order chi connectivity index (χ0) is 21.6. The van der Waals surface area contributed by atoms with E-state index in [9.17, 15) is 13.2 Å². The molecule has 0 radical (unpaired) electrons. The zero-order valence-electron chi connectivity index (χ0n) is 17.7. The van der Waals surface area contributed by atoms with Crippen LogP contribution in [0.2, 0.25) is 0 Å². The lowest BCUT2D eigenvalue weighted by Crippen LogP contribution is -2.32. The van der Waals surface area contributed by atoms with Crippen molar-refractivity contribution in [2.45, 2.75) is 18.7 Å². The fourth-order valence-corrected chi connectivity index (χ4v) is 4.54. The Bertz CT molecular complexity index is 926. The van der Waals surface area contributed by atoms with E-state index in [4.69, 9.17) is 0 Å². The van der Waals surface area contributed by atoms with Crippen molar-refractivity contribution in [1.29, 1.82) is 0 Å². The van der Waals surface area contributed by atoms with Crippen LogP contribution >= 0.6 is 0 Å². The number of hydrogen-bond donors (Lipinski definition) is 1. The molecule has 7 nitrogen and oxygen atoms in total. The minimum Gasteiger partial charge on any atom is -0.376 e. The maximum absolute atomic E-state index is 12.9. The highest BCUT2D eigenvalue weighted by Crippen LogP contribution is 2.29. The van der Waals surface area contributed by atoms with Crippen molar-refractivity contribution in [3.8, 4) is 0 Å². The van der Waals surface area contributed by atoms with Crippen molar-refractivity contribution in [2.24, 2.45) is 0 Å². The second-order valence-electron chi connectivity index (χ2n) is 6.90. The lowest BCUT2D eigenvalue weighted by atomic mass is 10.2. The summed E-state index contributed by atoms with van der Waals surface area (Å²) < 4.78 is 27.1. The largest absolute Gasteiger partial charge is 0.376 e. The van der Waals surface area contributed by atoms with Gasteiger partial charge in [0.2, 0.25) is 15.9 Å². The quantitative estimate of drug-likeness (QED) is 0.678. The summed E-state index contributed by atoms with van der Waals surface area (Å²) in [5.41, 5.74) is 2.13. The van der Waals surface area contributed by atoms with Crippen LogP contribution in [0.4, 0.5) is 17.1 Å². The molecule has 0 fully saturated rings. The number of benzene rings is 2. The summed E-state index contributed by atoms with van der Waals surface area (Å²) in [4.78, 5) is 16.5. The first-order valence-corrected chi connectivity index (χ1v) is 11.0. The van der Waals surface area contributed by atoms with Crippen LogP contribution in [-0.4, -0.2) is 59.4 Å². The molecule has 0 aliphatic carbocycles. The normalized spacial score (nSPS) is 11.4. The number of amides is 1. The maximum atomic E-state index is 12.9. The van der Waals surface area contributed by atoms with E-state index in [2.05, 4.69) is 5.32 Å². The summed E-state index contributed by atoms with van der Waals surface area (Å²) in [6.45, 7) is 4.52. The Hall–Kier alpha value is -2.58. The van der Waals surface area contributed by atoms with Crippen molar-refractivity contribution >= 4 is 33.0 Å². The Labute approximate surface area is 174 Å². The lowest BCUT2D eigenvalue weighted by molar-refractivity contribution is -0.114. The molecule has 29 heavy (non-hydrogen) atoms. The number of sulfonamides is 1. The van der Waals surface area contributed by atoms with Gasteiger partial charge in [0, 0.05) is 39.9 Å². The molecule has 0 aliphatic rings. The molecule has 0 heterocycles. The zero-order valence-corrected chi connectivity index (χ0v) is 18.5. The summed E-state index contributed by atoms with van der Waals surface area (Å²) in [6.07, 6.45) is 0. The Kier molecular flexibility index (Phi) is 7.64. The summed E-state index contributed by atoms with van der Waals surface area (Å²) >= 11 is 0. The summed E-state index contributed by atoms with van der Waals surface area (Å²) in [5.74, 6) is -0.225. The monoisotopic (exact) mass is 418 g/mol. The van der Waals surface area contributed by atoms with Gasteiger partial charge in [-0.15, -0.1) is 0 Å². The van der Waals surface area contributed by atoms with Gasteiger partial charge in [-0.3, -0.25) is 4.79 Å². The average molecular weight is 419 g/mol. The minimum atomic E-state index is -3.61. The van der Waals surface area contributed by atoms with Crippen LogP contribution in [0.5, 0.6) is 0 Å². The van der Waals surface area contributed by atoms with Gasteiger partial charge in [0.1, 0.15) is 0 Å². The number of hydrogen-bond acceptors (Lipinski definition) is 5. The van der Waals surface area contributed by atoms with Gasteiger partial charge in [-0.05, 0) is 30.3 Å². The highest BCUT2D eigenvalue weighted by molar-refractivity contribution is 7.89. The van der Waals surface area contributed by atoms with E-state index >= 15 is 0 Å². The first-order valence-electron chi connectivity index (χ1n) is 9.58. The number of rotatable bonds is 9. The first-order chi connectivity index (χ1) is 13.7. The van der Waals surface area contributed by atoms with Crippen LogP contribution < -0.4 is 15.1 Å². The molecule has 2 rings (SSSR count). The Morgan fingerprint density at radius 1 is 0.966 bits per heavy atom. The molecule has 0 unspecified atom stereocenters. The molecule has 0 atom stereocenters. The van der Waals surface area contributed by atoms with Crippen molar-refractivity contribution < 1.29 is 13.2 Å². The molecule has 1 amide bonds. The second-order valence-corrected chi connectivity index (χ2v) is 8.84. The molecule has 0 spiro atoms. The summed E-state index contributed by atoms with van der Waals surface area (Å²) in [7, 11) is 1.92. The highest BCUT2D eigenvalue weighted by Gasteiger charge is 2.23. The molecule has 2 aromatic rings. The van der Waals surface area contributed by atoms with E-state index < -0.39 is 10.0 Å². The van der Waals surface area contributed by atoms with Crippen LogP contribution in [0.1, 0.15) is 13.8 Å². The smallest absolute Gasteiger partial charge is 0.243 e. The number of para-hydroxylation sites is 1. The van der Waals surface area contributed by atoms with E-state index in [1.165, 1.54) is 10.4 Å². The SMILES string of the molecule is CCN(CC)S(=O)(=O)c1ccc(N(C)C)c(NC(=O)CN(C)c2ccccc2)c1. The number of likely N-dealkylation sites (N-methyl/N-ethyl adjacent to an activating group) is 1. The van der Waals surface area contributed by atoms with Crippen molar-refractivity contribution in [2.75, 3.05) is 55.9 Å². The van der Waals surface area contributed by atoms with E-state index in [0.29, 0.717) is 18.8 Å². The van der Waals surface area contributed by atoms with Gasteiger partial charge < -0.3 is 15.1 Å². The van der Waals surface area contributed by atoms with Crippen LogP contribution in [0.3, 0.4) is 0 Å². The standard InChI is InChI=1S/C21H30N4O3S/c1-6-25(7-2)29(27,28)18-13-14-20(23(3)4)19(15-18)22-21(26)16-24(5)17-11-9-8-10-12-17/h8-15H,6-7,16H2,1-5H3,(H,22,26). The van der Waals surface area contributed by atoms with E-state index in [1.54, 1.807) is 26.0 Å². The minimum absolute atomic E-state index is 0.143. The number of nitrogens with zero attached hydrogens (tertiary/aromatic N) is 3. The van der Waals surface area contributed by atoms with Gasteiger partial charge in [0.05, 0.1) is 22.8 Å². The van der Waals surface area contributed by atoms with Gasteiger partial charge in [0.15, 0.2) is 0 Å². The van der Waals surface area contributed by atoms with Crippen LogP contribution in [-0.2, 0) is 14.8 Å². The van der Waals surface area contributed by atoms with Crippen molar-refractivity contribution in [1.82, 2.24) is 4.31 Å². The summed E-state index contributed by atoms with van der Waals surface area (Å²) in [5, 5.41) is 2.87. The maximum Gasteiger partial charge on any atom is 0.243 e. The van der Waals surface area contributed by atoms with E-state index in [1.807, 2.05) is 61.3 Å². The lowest BCUT2D eigenvalue weighted by Gasteiger charge is -2.23. The van der Waals surface area contributed by atoms with E-state index in [-0.39, 0.29) is 17.3 Å². The Balaban J connectivity index is 2.29. The topological polar surface area (TPSA) is 73.0 Å². The summed E-state index contributed by atoms with van der Waals surface area (Å²) in [6, 6.07) is 14.4. The molecular formula is C21H30N4O3S. The van der Waals surface area contributed by atoms with Crippen LogP contribution in [0.15, 0.2) is 53.4 Å². The van der Waals surface area contributed by atoms with Gasteiger partial charge in [0.25, 0.3) is 0 Å². The Morgan fingerprint density at radius 3 is 2.14 bits per heavy atom. The molecule has 0 bridgehead atoms. The van der Waals surface area contributed by atoms with Crippen LogP contribution in [0.25, 0.3) is 0 Å². The van der Waals surface area contributed by atoms with Crippen molar-refractivity contribution in [3.63, 3.8) is 0 Å². The van der Waals surface area contributed by atoms with Crippen LogP contribution in [0, 0.1) is 0 Å². The van der Waals surface area contributed by atoms with Crippen molar-refractivity contribution in [3.05, 3.63) is 48.5 Å². The molecule has 0 saturated carbocycles. The van der Waals surface area contributed by atoms with Gasteiger partial charge in [-0.2, -0.15) is 4.31 Å². The number of carbonyl (C=O) groups excluding carboxylic acids is 1.